The lowest BCUT2D eigenvalue weighted by Gasteiger charge is -2.33. The topological polar surface area (TPSA) is 208 Å². The highest BCUT2D eigenvalue weighted by atomic mass is 35.5. The van der Waals surface area contributed by atoms with Crippen LogP contribution in [0.15, 0.2) is 29.8 Å². The number of sulfone groups is 1. The maximum Gasteiger partial charge on any atom is 0.408 e. The largest absolute Gasteiger partial charge is 0.463 e. The number of esters is 3. The number of alkyl carbamates (subject to hydrolysis) is 2. The molecule has 2 aliphatic rings. The first kappa shape index (κ1) is 43.4. The van der Waals surface area contributed by atoms with Crippen LogP contribution in [0, 0.1) is 5.82 Å². The molecule has 1 unspecified atom stereocenters. The van der Waals surface area contributed by atoms with E-state index in [1.807, 2.05) is 0 Å². The molecule has 1 saturated heterocycles. The molecule has 1 aliphatic carbocycles. The first-order chi connectivity index (χ1) is 24.5. The normalized spacial score (nSPS) is 19.8. The summed E-state index contributed by atoms with van der Waals surface area (Å²) in [5.74, 6) is -5.76. The van der Waals surface area contributed by atoms with Gasteiger partial charge in [-0.05, 0) is 78.7 Å². The van der Waals surface area contributed by atoms with Crippen LogP contribution in [0.25, 0.3) is 0 Å². The average molecular weight is 793 g/mol. The monoisotopic (exact) mass is 792 g/mol. The van der Waals surface area contributed by atoms with E-state index in [0.717, 1.165) is 12.1 Å². The van der Waals surface area contributed by atoms with Gasteiger partial charge in [-0.2, -0.15) is 0 Å². The van der Waals surface area contributed by atoms with Crippen molar-refractivity contribution in [1.82, 2.24) is 10.6 Å². The van der Waals surface area contributed by atoms with E-state index in [0.29, 0.717) is 0 Å². The Morgan fingerprint density at radius 2 is 1.40 bits per heavy atom. The molecular weight excluding hydrogens is 747 g/mol. The predicted molar refractivity (Wildman–Crippen MR) is 185 cm³/mol. The Labute approximate surface area is 312 Å². The first-order valence-corrected chi connectivity index (χ1v) is 18.8. The van der Waals surface area contributed by atoms with E-state index >= 15 is 0 Å². The molecule has 2 N–H and O–H groups in total. The summed E-state index contributed by atoms with van der Waals surface area (Å²) in [6.07, 6.45) is -3.16. The standard InChI is InChI=1S/C34H46ClFN2O14S/c1-8-46-29(41)22-14-34(12-11-26(22)53(44,45)19-20-9-10-21(36)13-23(20)35)49-24(17-47-27(39)15-37-30(42)51-32(2,3)4)25(50-34)18-48-28(40)16-38-31(43)52-33(5,6)7/h9-10,13-14,24-26H,8,11-12,15-19H2,1-7H3,(H,37,42)(H,38,43)/t24-,25-,26?/m1/s1. The van der Waals surface area contributed by atoms with Gasteiger partial charge in [0, 0.05) is 11.4 Å². The molecule has 0 aromatic heterocycles. The molecule has 16 nitrogen and oxygen atoms in total. The molecule has 1 aromatic carbocycles. The highest BCUT2D eigenvalue weighted by Gasteiger charge is 2.52. The highest BCUT2D eigenvalue weighted by molar-refractivity contribution is 7.91. The second-order valence-electron chi connectivity index (χ2n) is 14.1. The summed E-state index contributed by atoms with van der Waals surface area (Å²) in [4.78, 5) is 62.2. The molecule has 0 bridgehead atoms. The zero-order chi connectivity index (χ0) is 39.8. The lowest BCUT2D eigenvalue weighted by molar-refractivity contribution is -0.163. The highest BCUT2D eigenvalue weighted by Crippen LogP contribution is 2.42. The number of carbonyl (C=O) groups excluding carboxylic acids is 5. The number of rotatable bonds is 13. The summed E-state index contributed by atoms with van der Waals surface area (Å²) in [7, 11) is -4.17. The van der Waals surface area contributed by atoms with Crippen LogP contribution in [0.4, 0.5) is 14.0 Å². The fourth-order valence-electron chi connectivity index (χ4n) is 5.15. The van der Waals surface area contributed by atoms with Crippen LogP contribution < -0.4 is 10.6 Å². The summed E-state index contributed by atoms with van der Waals surface area (Å²) < 4.78 is 79.3. The minimum atomic E-state index is -4.17. The minimum Gasteiger partial charge on any atom is -0.463 e. The lowest BCUT2D eigenvalue weighted by atomic mass is 9.94. The van der Waals surface area contributed by atoms with Gasteiger partial charge in [-0.3, -0.25) is 9.59 Å². The Bertz CT molecular complexity index is 1620. The van der Waals surface area contributed by atoms with Gasteiger partial charge in [-0.15, -0.1) is 0 Å². The molecule has 1 fully saturated rings. The van der Waals surface area contributed by atoms with Crippen molar-refractivity contribution in [3.8, 4) is 0 Å². The van der Waals surface area contributed by atoms with E-state index in [2.05, 4.69) is 10.6 Å². The summed E-state index contributed by atoms with van der Waals surface area (Å²) in [6, 6.07) is 3.28. The summed E-state index contributed by atoms with van der Waals surface area (Å²) in [5, 5.41) is 3.03. The van der Waals surface area contributed by atoms with Crippen molar-refractivity contribution in [2.45, 2.75) is 102 Å². The summed E-state index contributed by atoms with van der Waals surface area (Å²) in [6.45, 7) is 9.21. The van der Waals surface area contributed by atoms with Crippen LogP contribution in [-0.2, 0) is 63.1 Å². The van der Waals surface area contributed by atoms with Crippen LogP contribution in [0.2, 0.25) is 5.02 Å². The van der Waals surface area contributed by atoms with Gasteiger partial charge in [0.05, 0.1) is 23.2 Å². The number of carbonyl (C=O) groups is 5. The Morgan fingerprint density at radius 1 is 0.887 bits per heavy atom. The number of ether oxygens (including phenoxy) is 7. The third-order valence-electron chi connectivity index (χ3n) is 7.28. The summed E-state index contributed by atoms with van der Waals surface area (Å²) in [5.41, 5.74) is -1.80. The van der Waals surface area contributed by atoms with Gasteiger partial charge in [0.1, 0.15) is 55.5 Å². The van der Waals surface area contributed by atoms with Crippen molar-refractivity contribution in [3.05, 3.63) is 46.3 Å². The zero-order valence-electron chi connectivity index (χ0n) is 30.6. The lowest BCUT2D eigenvalue weighted by Crippen LogP contribution is -2.41. The van der Waals surface area contributed by atoms with Gasteiger partial charge in [-0.1, -0.05) is 17.7 Å². The van der Waals surface area contributed by atoms with Gasteiger partial charge in [0.15, 0.2) is 15.6 Å². The molecule has 296 valence electrons. The van der Waals surface area contributed by atoms with Crippen LogP contribution in [-0.4, -0.2) is 106 Å². The zero-order valence-corrected chi connectivity index (χ0v) is 32.2. The Hall–Kier alpha value is -4.00. The van der Waals surface area contributed by atoms with Gasteiger partial charge < -0.3 is 43.8 Å². The first-order valence-electron chi connectivity index (χ1n) is 16.7. The van der Waals surface area contributed by atoms with E-state index in [1.54, 1.807) is 41.5 Å². The number of hydrogen-bond acceptors (Lipinski definition) is 14. The van der Waals surface area contributed by atoms with Gasteiger partial charge >= 0.3 is 30.1 Å². The summed E-state index contributed by atoms with van der Waals surface area (Å²) >= 11 is 6.10. The SMILES string of the molecule is CCOC(=O)C1=CC2(CCC1S(=O)(=O)Cc1ccc(F)cc1Cl)O[C@H](COC(=O)CNC(=O)OC(C)(C)C)[C@@H](COC(=O)CNC(=O)OC(C)(C)C)O2. The van der Waals surface area contributed by atoms with Crippen molar-refractivity contribution in [2.75, 3.05) is 32.9 Å². The van der Waals surface area contributed by atoms with Crippen molar-refractivity contribution in [3.63, 3.8) is 0 Å². The van der Waals surface area contributed by atoms with Crippen LogP contribution in [0.1, 0.15) is 66.9 Å². The molecule has 1 aromatic rings. The van der Waals surface area contributed by atoms with Gasteiger partial charge in [-0.25, -0.2) is 27.2 Å². The Morgan fingerprint density at radius 3 is 1.85 bits per heavy atom. The van der Waals surface area contributed by atoms with Crippen LogP contribution in [0.5, 0.6) is 0 Å². The number of hydrogen-bond donors (Lipinski definition) is 2. The molecule has 2 amide bonds. The number of nitrogens with one attached hydrogen (secondary N) is 2. The smallest absolute Gasteiger partial charge is 0.408 e. The fraction of sp³-hybridized carbons (Fsp3) is 0.618. The van der Waals surface area contributed by atoms with Crippen molar-refractivity contribution < 1.29 is 69.9 Å². The van der Waals surface area contributed by atoms with Crippen molar-refractivity contribution in [2.24, 2.45) is 0 Å². The maximum atomic E-state index is 13.7. The van der Waals surface area contributed by atoms with Crippen LogP contribution in [0.3, 0.4) is 0 Å². The molecule has 0 saturated carbocycles. The molecule has 1 aliphatic heterocycles. The number of benzene rings is 1. The molecule has 3 atom stereocenters. The predicted octanol–water partition coefficient (Wildman–Crippen LogP) is 3.66. The van der Waals surface area contributed by atoms with E-state index in [-0.39, 0.29) is 35.6 Å². The van der Waals surface area contributed by atoms with Crippen LogP contribution >= 0.6 is 11.6 Å². The third-order valence-corrected chi connectivity index (χ3v) is 9.70. The third kappa shape index (κ3) is 13.7. The van der Waals surface area contributed by atoms with Crippen molar-refractivity contribution >= 4 is 51.5 Å². The number of halogens is 2. The molecular formula is C34H46ClFN2O14S. The van der Waals surface area contributed by atoms with Crippen molar-refractivity contribution in [1.29, 1.82) is 0 Å². The second kappa shape index (κ2) is 17.9. The molecule has 3 rings (SSSR count). The van der Waals surface area contributed by atoms with E-state index in [4.69, 9.17) is 44.8 Å². The van der Waals surface area contributed by atoms with E-state index in [9.17, 15) is 36.8 Å². The molecule has 1 spiro atoms. The van der Waals surface area contributed by atoms with Gasteiger partial charge in [0.2, 0.25) is 0 Å². The molecule has 1 heterocycles. The Balaban J connectivity index is 1.83. The Kier molecular flexibility index (Phi) is 14.6. The minimum absolute atomic E-state index is 0.0900. The fourth-order valence-corrected chi connectivity index (χ4v) is 7.38. The van der Waals surface area contributed by atoms with Gasteiger partial charge in [0.25, 0.3) is 0 Å². The maximum absolute atomic E-state index is 13.7. The van der Waals surface area contributed by atoms with E-state index < -0.39 is 112 Å². The quantitative estimate of drug-likeness (QED) is 0.216. The molecule has 53 heavy (non-hydrogen) atoms. The van der Waals surface area contributed by atoms with E-state index in [1.165, 1.54) is 19.1 Å². The molecule has 19 heteroatoms. The second-order valence-corrected chi connectivity index (χ2v) is 16.7. The average Bonchev–Trinajstić information content (AvgIpc) is 3.36. The number of amides is 2. The molecule has 0 radical (unpaired) electrons.